The lowest BCUT2D eigenvalue weighted by Crippen LogP contribution is -2.40. The predicted molar refractivity (Wildman–Crippen MR) is 122 cm³/mol. The largest absolute Gasteiger partial charge is 0.497 e. The molecule has 0 saturated carbocycles. The summed E-state index contributed by atoms with van der Waals surface area (Å²) in [6, 6.07) is 13.8. The standard InChI is InChI=1S/C22H25N3O3S2/c1-15(12-18-4-3-10-29-18)25(13-16-5-7-17(28-2)8-6-16)14-20(26)24-22-19(21(23)27)9-11-30-22/h3-11,15H,12-14H2,1-2H3,(H2,23,27)(H,24,26). The molecule has 6 nitrogen and oxygen atoms in total. The quantitative estimate of drug-likeness (QED) is 0.496. The topological polar surface area (TPSA) is 84.7 Å². The number of primary amides is 1. The number of hydrogen-bond acceptors (Lipinski definition) is 6. The minimum Gasteiger partial charge on any atom is -0.497 e. The highest BCUT2D eigenvalue weighted by atomic mass is 32.1. The van der Waals surface area contributed by atoms with Crippen molar-refractivity contribution in [1.82, 2.24) is 4.90 Å². The van der Waals surface area contributed by atoms with Gasteiger partial charge < -0.3 is 15.8 Å². The second-order valence-electron chi connectivity index (χ2n) is 6.96. The van der Waals surface area contributed by atoms with Crippen LogP contribution in [0.3, 0.4) is 0 Å². The lowest BCUT2D eigenvalue weighted by Gasteiger charge is -2.28. The maximum absolute atomic E-state index is 12.8. The minimum atomic E-state index is -0.548. The molecule has 3 rings (SSSR count). The summed E-state index contributed by atoms with van der Waals surface area (Å²) in [6.07, 6.45) is 0.854. The average Bonchev–Trinajstić information content (AvgIpc) is 3.40. The Hall–Kier alpha value is -2.68. The van der Waals surface area contributed by atoms with Crippen molar-refractivity contribution in [1.29, 1.82) is 0 Å². The molecule has 0 saturated heterocycles. The van der Waals surface area contributed by atoms with Crippen LogP contribution in [0.5, 0.6) is 5.75 Å². The number of anilines is 1. The summed E-state index contributed by atoms with van der Waals surface area (Å²) in [4.78, 5) is 27.7. The van der Waals surface area contributed by atoms with E-state index in [1.165, 1.54) is 16.2 Å². The van der Waals surface area contributed by atoms with E-state index < -0.39 is 5.91 Å². The second-order valence-corrected chi connectivity index (χ2v) is 8.91. The number of amides is 2. The van der Waals surface area contributed by atoms with Crippen molar-refractivity contribution in [3.63, 3.8) is 0 Å². The number of rotatable bonds is 10. The molecule has 0 aliphatic carbocycles. The molecule has 1 atom stereocenters. The van der Waals surface area contributed by atoms with Crippen molar-refractivity contribution in [3.05, 3.63) is 69.2 Å². The van der Waals surface area contributed by atoms with Gasteiger partial charge in [-0.05, 0) is 53.9 Å². The van der Waals surface area contributed by atoms with Crippen molar-refractivity contribution >= 4 is 39.5 Å². The molecule has 1 unspecified atom stereocenters. The first-order valence-corrected chi connectivity index (χ1v) is 11.3. The van der Waals surface area contributed by atoms with Crippen molar-refractivity contribution in [3.8, 4) is 5.75 Å². The fourth-order valence-corrected chi connectivity index (χ4v) is 4.77. The van der Waals surface area contributed by atoms with E-state index in [-0.39, 0.29) is 18.5 Å². The molecule has 2 amide bonds. The number of ether oxygens (including phenoxy) is 1. The Morgan fingerprint density at radius 3 is 2.53 bits per heavy atom. The number of hydrogen-bond donors (Lipinski definition) is 2. The molecule has 0 aliphatic heterocycles. The molecule has 30 heavy (non-hydrogen) atoms. The number of nitrogens with two attached hydrogens (primary N) is 1. The average molecular weight is 444 g/mol. The van der Waals surface area contributed by atoms with Crippen molar-refractivity contribution in [2.45, 2.75) is 25.9 Å². The smallest absolute Gasteiger partial charge is 0.251 e. The van der Waals surface area contributed by atoms with Crippen LogP contribution in [0.2, 0.25) is 0 Å². The van der Waals surface area contributed by atoms with Gasteiger partial charge in [-0.2, -0.15) is 0 Å². The van der Waals surface area contributed by atoms with Gasteiger partial charge in [0.25, 0.3) is 5.91 Å². The Bertz CT molecular complexity index is 968. The summed E-state index contributed by atoms with van der Waals surface area (Å²) in [5.41, 5.74) is 6.81. The molecule has 2 aromatic heterocycles. The molecule has 3 aromatic rings. The summed E-state index contributed by atoms with van der Waals surface area (Å²) in [5, 5.41) is 7.13. The molecule has 2 heterocycles. The van der Waals surface area contributed by atoms with Gasteiger partial charge in [0.2, 0.25) is 5.91 Å². The van der Waals surface area contributed by atoms with Gasteiger partial charge in [-0.25, -0.2) is 0 Å². The molecule has 0 bridgehead atoms. The summed E-state index contributed by atoms with van der Waals surface area (Å²) >= 11 is 3.00. The third-order valence-electron chi connectivity index (χ3n) is 4.78. The lowest BCUT2D eigenvalue weighted by atomic mass is 10.1. The number of nitrogens with one attached hydrogen (secondary N) is 1. The molecule has 158 valence electrons. The Morgan fingerprint density at radius 1 is 1.13 bits per heavy atom. The molecule has 3 N–H and O–H groups in total. The van der Waals surface area contributed by atoms with E-state index in [0.29, 0.717) is 17.1 Å². The van der Waals surface area contributed by atoms with Gasteiger partial charge >= 0.3 is 0 Å². The maximum Gasteiger partial charge on any atom is 0.251 e. The first-order valence-electron chi connectivity index (χ1n) is 9.52. The zero-order valence-electron chi connectivity index (χ0n) is 17.0. The van der Waals surface area contributed by atoms with E-state index in [1.807, 2.05) is 30.3 Å². The second kappa shape index (κ2) is 10.4. The number of carbonyl (C=O) groups is 2. The Labute approximate surface area is 184 Å². The minimum absolute atomic E-state index is 0.149. The molecule has 1 aromatic carbocycles. The fourth-order valence-electron chi connectivity index (χ4n) is 3.13. The lowest BCUT2D eigenvalue weighted by molar-refractivity contribution is -0.117. The maximum atomic E-state index is 12.8. The number of thiophene rings is 2. The molecular formula is C22H25N3O3S2. The van der Waals surface area contributed by atoms with Gasteiger partial charge in [0.1, 0.15) is 10.8 Å². The number of carbonyl (C=O) groups excluding carboxylic acids is 2. The first-order chi connectivity index (χ1) is 14.5. The summed E-state index contributed by atoms with van der Waals surface area (Å²) in [7, 11) is 1.64. The third kappa shape index (κ3) is 5.91. The van der Waals surface area contributed by atoms with Gasteiger partial charge in [-0.15, -0.1) is 22.7 Å². The van der Waals surface area contributed by atoms with Crippen molar-refractivity contribution < 1.29 is 14.3 Å². The molecule has 0 aliphatic rings. The van der Waals surface area contributed by atoms with E-state index >= 15 is 0 Å². The van der Waals surface area contributed by atoms with Gasteiger partial charge in [0, 0.05) is 17.5 Å². The highest BCUT2D eigenvalue weighted by Crippen LogP contribution is 2.23. The fraction of sp³-hybridized carbons (Fsp3) is 0.273. The van der Waals surface area contributed by atoms with E-state index in [2.05, 4.69) is 28.6 Å². The zero-order valence-corrected chi connectivity index (χ0v) is 18.6. The summed E-state index contributed by atoms with van der Waals surface area (Å²) in [6.45, 7) is 2.95. The number of benzene rings is 1. The summed E-state index contributed by atoms with van der Waals surface area (Å²) in [5.74, 6) is 0.0746. The van der Waals surface area contributed by atoms with Crippen LogP contribution in [0.15, 0.2) is 53.2 Å². The molecule has 8 heteroatoms. The van der Waals surface area contributed by atoms with Gasteiger partial charge in [-0.3, -0.25) is 14.5 Å². The third-order valence-corrected chi connectivity index (χ3v) is 6.50. The predicted octanol–water partition coefficient (Wildman–Crippen LogP) is 3.99. The molecular weight excluding hydrogens is 418 g/mol. The molecule has 0 spiro atoms. The molecule has 0 radical (unpaired) electrons. The Morgan fingerprint density at radius 2 is 1.90 bits per heavy atom. The van der Waals surface area contributed by atoms with Crippen molar-refractivity contribution in [2.75, 3.05) is 19.0 Å². The van der Waals surface area contributed by atoms with Crippen LogP contribution in [0.25, 0.3) is 0 Å². The number of methoxy groups -OCH3 is 1. The SMILES string of the molecule is COc1ccc(CN(CC(=O)Nc2sccc2C(N)=O)C(C)Cc2cccs2)cc1. The van der Waals surface area contributed by atoms with E-state index in [0.717, 1.165) is 17.7 Å². The molecule has 0 fully saturated rings. The van der Waals surface area contributed by atoms with E-state index in [9.17, 15) is 9.59 Å². The number of nitrogens with zero attached hydrogens (tertiary/aromatic N) is 1. The van der Waals surface area contributed by atoms with Crippen LogP contribution in [0, 0.1) is 0 Å². The highest BCUT2D eigenvalue weighted by Gasteiger charge is 2.20. The monoisotopic (exact) mass is 443 g/mol. The van der Waals surface area contributed by atoms with Crippen LogP contribution in [-0.2, 0) is 17.8 Å². The zero-order chi connectivity index (χ0) is 21.5. The van der Waals surface area contributed by atoms with Crippen LogP contribution >= 0.6 is 22.7 Å². The Kier molecular flexibility index (Phi) is 7.62. The van der Waals surface area contributed by atoms with E-state index in [4.69, 9.17) is 10.5 Å². The van der Waals surface area contributed by atoms with Crippen LogP contribution in [-0.4, -0.2) is 36.4 Å². The van der Waals surface area contributed by atoms with Gasteiger partial charge in [0.15, 0.2) is 0 Å². The highest BCUT2D eigenvalue weighted by molar-refractivity contribution is 7.14. The van der Waals surface area contributed by atoms with Crippen molar-refractivity contribution in [2.24, 2.45) is 5.73 Å². The van der Waals surface area contributed by atoms with Crippen LogP contribution < -0.4 is 15.8 Å². The van der Waals surface area contributed by atoms with Crippen LogP contribution in [0.1, 0.15) is 27.7 Å². The normalized spacial score (nSPS) is 12.0. The first kappa shape index (κ1) is 22.0. The Balaban J connectivity index is 1.72. The summed E-state index contributed by atoms with van der Waals surface area (Å²) < 4.78 is 5.23. The van der Waals surface area contributed by atoms with Gasteiger partial charge in [-0.1, -0.05) is 18.2 Å². The van der Waals surface area contributed by atoms with Gasteiger partial charge in [0.05, 0.1) is 19.2 Å². The van der Waals surface area contributed by atoms with Crippen LogP contribution in [0.4, 0.5) is 5.00 Å². The van der Waals surface area contributed by atoms with E-state index in [1.54, 1.807) is 29.9 Å².